The smallest absolute Gasteiger partial charge is 0.319 e. The van der Waals surface area contributed by atoms with Crippen molar-refractivity contribution in [3.63, 3.8) is 0 Å². The van der Waals surface area contributed by atoms with Gasteiger partial charge in [-0.15, -0.1) is 0 Å². The molecule has 0 aromatic carbocycles. The van der Waals surface area contributed by atoms with Gasteiger partial charge in [0.15, 0.2) is 5.78 Å². The Morgan fingerprint density at radius 3 is 2.00 bits per heavy atom. The fourth-order valence-electron chi connectivity index (χ4n) is 1.32. The van der Waals surface area contributed by atoms with Crippen molar-refractivity contribution in [3.05, 3.63) is 0 Å². The minimum Gasteiger partial charge on any atom is -0.465 e. The monoisotopic (exact) mass is 257 g/mol. The van der Waals surface area contributed by atoms with E-state index in [1.54, 1.807) is 20.8 Å². The Morgan fingerprint density at radius 1 is 1.11 bits per heavy atom. The van der Waals surface area contributed by atoms with E-state index in [4.69, 9.17) is 4.74 Å². The number of hydrogen-bond acceptors (Lipinski definition) is 4. The molecule has 0 heterocycles. The third kappa shape index (κ3) is 4.09. The molecule has 0 aliphatic heterocycles. The molecular weight excluding hydrogens is 230 g/mol. The van der Waals surface area contributed by atoms with Gasteiger partial charge in [-0.3, -0.25) is 14.5 Å². The van der Waals surface area contributed by atoms with Gasteiger partial charge in [0.25, 0.3) is 0 Å². The molecule has 0 radical (unpaired) electrons. The largest absolute Gasteiger partial charge is 0.465 e. The highest BCUT2D eigenvalue weighted by Crippen LogP contribution is 2.22. The van der Waals surface area contributed by atoms with Crippen LogP contribution in [0.1, 0.15) is 48.0 Å². The summed E-state index contributed by atoms with van der Waals surface area (Å²) in [6, 6.07) is 0. The molecule has 0 aliphatic rings. The molecule has 0 N–H and O–H groups in total. The highest BCUT2D eigenvalue weighted by Gasteiger charge is 2.38. The molecule has 0 unspecified atom stereocenters. The molecule has 0 amide bonds. The fraction of sp³-hybridized carbons (Fsp3) is 0.857. The van der Waals surface area contributed by atoms with Gasteiger partial charge in [-0.1, -0.05) is 6.92 Å². The van der Waals surface area contributed by atoms with Crippen LogP contribution in [0.5, 0.6) is 0 Å². The van der Waals surface area contributed by atoms with Crippen molar-refractivity contribution in [3.8, 4) is 0 Å². The summed E-state index contributed by atoms with van der Waals surface area (Å²) in [4.78, 5) is 25.9. The lowest BCUT2D eigenvalue weighted by atomic mass is 9.87. The molecule has 106 valence electrons. The van der Waals surface area contributed by atoms with E-state index in [2.05, 4.69) is 20.8 Å². The SMILES string of the molecule is CCOC(=O)C(C)(C)C(=O)CN(C)C(C)(C)CC. The van der Waals surface area contributed by atoms with Crippen LogP contribution in [0.15, 0.2) is 0 Å². The van der Waals surface area contributed by atoms with Crippen LogP contribution >= 0.6 is 0 Å². The number of esters is 1. The maximum absolute atomic E-state index is 12.2. The first-order chi connectivity index (χ1) is 8.09. The second-order valence-electron chi connectivity index (χ2n) is 5.79. The summed E-state index contributed by atoms with van der Waals surface area (Å²) in [7, 11) is 1.91. The van der Waals surface area contributed by atoms with Gasteiger partial charge in [-0.05, 0) is 48.1 Å². The van der Waals surface area contributed by atoms with E-state index in [1.807, 2.05) is 11.9 Å². The second kappa shape index (κ2) is 6.32. The average molecular weight is 257 g/mol. The molecule has 0 spiro atoms. The second-order valence-corrected chi connectivity index (χ2v) is 5.79. The normalized spacial score (nSPS) is 12.7. The quantitative estimate of drug-likeness (QED) is 0.518. The Morgan fingerprint density at radius 2 is 1.61 bits per heavy atom. The number of Topliss-reactive ketones (excluding diaryl/α,β-unsaturated/α-hetero) is 1. The zero-order chi connectivity index (χ0) is 14.6. The number of carbonyl (C=O) groups is 2. The first-order valence-corrected chi connectivity index (χ1v) is 6.51. The first-order valence-electron chi connectivity index (χ1n) is 6.51. The summed E-state index contributed by atoms with van der Waals surface area (Å²) in [6.45, 7) is 11.8. The van der Waals surface area contributed by atoms with E-state index in [0.717, 1.165) is 6.42 Å². The molecule has 4 nitrogen and oxygen atoms in total. The Bertz CT molecular complexity index is 308. The minimum atomic E-state index is -1.08. The number of ketones is 1. The lowest BCUT2D eigenvalue weighted by molar-refractivity contribution is -0.158. The van der Waals surface area contributed by atoms with Crippen LogP contribution in [-0.2, 0) is 14.3 Å². The van der Waals surface area contributed by atoms with Crippen LogP contribution < -0.4 is 0 Å². The van der Waals surface area contributed by atoms with Crippen molar-refractivity contribution in [2.24, 2.45) is 5.41 Å². The molecule has 0 bridgehead atoms. The van der Waals surface area contributed by atoms with Gasteiger partial charge in [-0.2, -0.15) is 0 Å². The Kier molecular flexibility index (Phi) is 6.00. The number of hydrogen-bond donors (Lipinski definition) is 0. The Labute approximate surface area is 111 Å². The van der Waals surface area contributed by atoms with Crippen molar-refractivity contribution in [1.82, 2.24) is 4.90 Å². The van der Waals surface area contributed by atoms with Crippen molar-refractivity contribution < 1.29 is 14.3 Å². The molecule has 0 aromatic rings. The molecule has 0 saturated heterocycles. The van der Waals surface area contributed by atoms with E-state index >= 15 is 0 Å². The third-order valence-corrected chi connectivity index (χ3v) is 3.76. The van der Waals surface area contributed by atoms with Crippen molar-refractivity contribution in [2.45, 2.75) is 53.5 Å². The van der Waals surface area contributed by atoms with Crippen molar-refractivity contribution >= 4 is 11.8 Å². The van der Waals surface area contributed by atoms with Gasteiger partial charge in [0.2, 0.25) is 0 Å². The van der Waals surface area contributed by atoms with E-state index in [0.29, 0.717) is 6.61 Å². The number of rotatable bonds is 7. The topological polar surface area (TPSA) is 46.6 Å². The molecule has 0 saturated carbocycles. The molecule has 0 aromatic heterocycles. The lowest BCUT2D eigenvalue weighted by Gasteiger charge is -2.35. The molecule has 0 aliphatic carbocycles. The number of carbonyl (C=O) groups excluding carboxylic acids is 2. The molecular formula is C14H27NO3. The Balaban J connectivity index is 4.72. The van der Waals surface area contributed by atoms with Crippen LogP contribution in [0.3, 0.4) is 0 Å². The van der Waals surface area contributed by atoms with Crippen LogP contribution in [0.4, 0.5) is 0 Å². The molecule has 0 rings (SSSR count). The van der Waals surface area contributed by atoms with E-state index < -0.39 is 11.4 Å². The van der Waals surface area contributed by atoms with Crippen molar-refractivity contribution in [2.75, 3.05) is 20.2 Å². The van der Waals surface area contributed by atoms with Gasteiger partial charge >= 0.3 is 5.97 Å². The zero-order valence-electron chi connectivity index (χ0n) is 12.8. The standard InChI is InChI=1S/C14H27NO3/c1-8-13(3,4)15(7)10-11(16)14(5,6)12(17)18-9-2/h8-10H2,1-7H3. The highest BCUT2D eigenvalue weighted by atomic mass is 16.5. The van der Waals surface area contributed by atoms with Gasteiger partial charge in [0.1, 0.15) is 5.41 Å². The summed E-state index contributed by atoms with van der Waals surface area (Å²) < 4.78 is 4.94. The number of ether oxygens (including phenoxy) is 1. The summed E-state index contributed by atoms with van der Waals surface area (Å²) in [5, 5.41) is 0. The maximum Gasteiger partial charge on any atom is 0.319 e. The predicted octanol–water partition coefficient (Wildman–Crippen LogP) is 2.27. The van der Waals surface area contributed by atoms with Gasteiger partial charge < -0.3 is 4.74 Å². The predicted molar refractivity (Wildman–Crippen MR) is 72.4 cm³/mol. The molecule has 0 fully saturated rings. The first kappa shape index (κ1) is 17.1. The summed E-state index contributed by atoms with van der Waals surface area (Å²) in [5.74, 6) is -0.553. The van der Waals surface area contributed by atoms with Crippen LogP contribution in [0, 0.1) is 5.41 Å². The summed E-state index contributed by atoms with van der Waals surface area (Å²) in [6.07, 6.45) is 0.941. The molecule has 4 heteroatoms. The zero-order valence-corrected chi connectivity index (χ0v) is 12.8. The maximum atomic E-state index is 12.2. The highest BCUT2D eigenvalue weighted by molar-refractivity contribution is 6.03. The summed E-state index contributed by atoms with van der Waals surface area (Å²) in [5.41, 5.74) is -1.13. The van der Waals surface area contributed by atoms with Gasteiger partial charge in [0.05, 0.1) is 13.2 Å². The number of nitrogens with zero attached hydrogens (tertiary/aromatic N) is 1. The molecule has 18 heavy (non-hydrogen) atoms. The van der Waals surface area contributed by atoms with Crippen LogP contribution in [0.2, 0.25) is 0 Å². The third-order valence-electron chi connectivity index (χ3n) is 3.76. The van der Waals surface area contributed by atoms with E-state index in [1.165, 1.54) is 0 Å². The van der Waals surface area contributed by atoms with E-state index in [-0.39, 0.29) is 17.9 Å². The average Bonchev–Trinajstić information content (AvgIpc) is 2.28. The van der Waals surface area contributed by atoms with Crippen LogP contribution in [-0.4, -0.2) is 42.4 Å². The Hall–Kier alpha value is -0.900. The van der Waals surface area contributed by atoms with Crippen LogP contribution in [0.25, 0.3) is 0 Å². The van der Waals surface area contributed by atoms with Gasteiger partial charge in [-0.25, -0.2) is 0 Å². The summed E-state index contributed by atoms with van der Waals surface area (Å²) >= 11 is 0. The lowest BCUT2D eigenvalue weighted by Crippen LogP contribution is -2.48. The van der Waals surface area contributed by atoms with Crippen molar-refractivity contribution in [1.29, 1.82) is 0 Å². The van der Waals surface area contributed by atoms with E-state index in [9.17, 15) is 9.59 Å². The fourth-order valence-corrected chi connectivity index (χ4v) is 1.32. The van der Waals surface area contributed by atoms with Gasteiger partial charge in [0, 0.05) is 5.54 Å². The number of likely N-dealkylation sites (N-methyl/N-ethyl adjacent to an activating group) is 1. The minimum absolute atomic E-state index is 0.0552. The molecule has 0 atom stereocenters.